The Kier molecular flexibility index (Phi) is 11.4. The maximum absolute atomic E-state index is 11.2. The molecule has 0 aromatic heterocycles. The molecule has 6 nitrogen and oxygen atoms in total. The van der Waals surface area contributed by atoms with E-state index in [2.05, 4.69) is 15.6 Å². The third-order valence-electron chi connectivity index (χ3n) is 3.39. The van der Waals surface area contributed by atoms with Crippen LogP contribution in [0.2, 0.25) is 0 Å². The van der Waals surface area contributed by atoms with Gasteiger partial charge in [0.25, 0.3) is 0 Å². The van der Waals surface area contributed by atoms with Gasteiger partial charge in [0.15, 0.2) is 5.96 Å². The summed E-state index contributed by atoms with van der Waals surface area (Å²) in [6, 6.07) is 0.0697. The van der Waals surface area contributed by atoms with E-state index in [-0.39, 0.29) is 35.8 Å². The van der Waals surface area contributed by atoms with Gasteiger partial charge in [-0.1, -0.05) is 0 Å². The van der Waals surface area contributed by atoms with E-state index in [1.807, 2.05) is 13.8 Å². The largest absolute Gasteiger partial charge is 0.378 e. The van der Waals surface area contributed by atoms with E-state index >= 15 is 0 Å². The molecule has 0 bridgehead atoms. The Labute approximate surface area is 151 Å². The molecule has 0 radical (unpaired) electrons. The summed E-state index contributed by atoms with van der Waals surface area (Å²) in [5, 5.41) is 6.43. The predicted octanol–water partition coefficient (Wildman–Crippen LogP) is 1.55. The topological polar surface area (TPSA) is 79.8 Å². The zero-order valence-electron chi connectivity index (χ0n) is 13.8. The van der Waals surface area contributed by atoms with Gasteiger partial charge in [-0.3, -0.25) is 4.99 Å². The number of nitrogens with zero attached hydrogens (tertiary/aromatic N) is 1. The molecule has 1 aliphatic heterocycles. The Morgan fingerprint density at radius 2 is 2.18 bits per heavy atom. The quantitative estimate of drug-likeness (QED) is 0.336. The van der Waals surface area contributed by atoms with Crippen molar-refractivity contribution in [1.82, 2.24) is 10.6 Å². The molecule has 8 heteroatoms. The highest BCUT2D eigenvalue weighted by Crippen LogP contribution is 2.14. The fourth-order valence-corrected chi connectivity index (χ4v) is 2.99. The Morgan fingerprint density at radius 1 is 1.45 bits per heavy atom. The maximum atomic E-state index is 11.2. The molecule has 2 atom stereocenters. The first-order valence-electron chi connectivity index (χ1n) is 7.75. The molecule has 2 unspecified atom stereocenters. The van der Waals surface area contributed by atoms with Gasteiger partial charge in [-0.25, -0.2) is 8.42 Å². The van der Waals surface area contributed by atoms with Crippen LogP contribution in [0.25, 0.3) is 0 Å². The second-order valence-electron chi connectivity index (χ2n) is 5.65. The highest BCUT2D eigenvalue weighted by molar-refractivity contribution is 14.0. The number of rotatable bonds is 8. The fraction of sp³-hybridized carbons (Fsp3) is 0.929. The first-order valence-corrected chi connectivity index (χ1v) is 9.81. The zero-order valence-corrected chi connectivity index (χ0v) is 16.9. The summed E-state index contributed by atoms with van der Waals surface area (Å²) in [4.78, 5) is 4.53. The second kappa shape index (κ2) is 11.4. The van der Waals surface area contributed by atoms with E-state index in [4.69, 9.17) is 4.74 Å². The smallest absolute Gasteiger partial charge is 0.191 e. The summed E-state index contributed by atoms with van der Waals surface area (Å²) >= 11 is 0. The van der Waals surface area contributed by atoms with Crippen LogP contribution in [-0.2, 0) is 14.6 Å². The lowest BCUT2D eigenvalue weighted by atomic mass is 10.2. The van der Waals surface area contributed by atoms with Gasteiger partial charge in [-0.05, 0) is 39.5 Å². The van der Waals surface area contributed by atoms with E-state index in [9.17, 15) is 8.42 Å². The third-order valence-corrected chi connectivity index (χ3v) is 4.37. The van der Waals surface area contributed by atoms with Gasteiger partial charge in [0, 0.05) is 32.0 Å². The predicted molar refractivity (Wildman–Crippen MR) is 102 cm³/mol. The van der Waals surface area contributed by atoms with Gasteiger partial charge >= 0.3 is 0 Å². The molecule has 0 spiro atoms. The van der Waals surface area contributed by atoms with Crippen molar-refractivity contribution < 1.29 is 13.2 Å². The summed E-state index contributed by atoms with van der Waals surface area (Å²) in [6.45, 7) is 6.36. The number of halogens is 1. The molecule has 0 aliphatic carbocycles. The Morgan fingerprint density at radius 3 is 2.73 bits per heavy atom. The number of ether oxygens (including phenoxy) is 1. The molecule has 0 aromatic carbocycles. The van der Waals surface area contributed by atoms with Gasteiger partial charge < -0.3 is 15.4 Å². The van der Waals surface area contributed by atoms with Gasteiger partial charge in [0.2, 0.25) is 0 Å². The van der Waals surface area contributed by atoms with E-state index in [1.165, 1.54) is 6.26 Å². The van der Waals surface area contributed by atoms with Crippen molar-refractivity contribution in [2.45, 2.75) is 51.7 Å². The van der Waals surface area contributed by atoms with Gasteiger partial charge in [-0.15, -0.1) is 24.0 Å². The minimum atomic E-state index is -2.91. The highest BCUT2D eigenvalue weighted by Gasteiger charge is 2.15. The van der Waals surface area contributed by atoms with Crippen molar-refractivity contribution in [3.8, 4) is 0 Å². The SMILES string of the molecule is CCNC(=NCCC1CCCO1)NC(C)CCS(C)(=O)=O.I. The number of hydrogen-bond acceptors (Lipinski definition) is 4. The normalized spacial score (nSPS) is 20.3. The van der Waals surface area contributed by atoms with Crippen LogP contribution in [0.15, 0.2) is 4.99 Å². The van der Waals surface area contributed by atoms with Crippen LogP contribution in [0, 0.1) is 0 Å². The average Bonchev–Trinajstić information content (AvgIpc) is 2.89. The molecule has 2 N–H and O–H groups in total. The van der Waals surface area contributed by atoms with Crippen LogP contribution >= 0.6 is 24.0 Å². The van der Waals surface area contributed by atoms with Crippen molar-refractivity contribution in [3.05, 3.63) is 0 Å². The van der Waals surface area contributed by atoms with Crippen LogP contribution in [0.4, 0.5) is 0 Å². The summed E-state index contributed by atoms with van der Waals surface area (Å²) in [6.07, 6.45) is 5.41. The molecular weight excluding hydrogens is 417 g/mol. The molecule has 1 aliphatic rings. The average molecular weight is 447 g/mol. The highest BCUT2D eigenvalue weighted by atomic mass is 127. The third kappa shape index (κ3) is 10.6. The van der Waals surface area contributed by atoms with Crippen LogP contribution in [-0.4, -0.2) is 58.2 Å². The zero-order chi connectivity index (χ0) is 15.7. The molecule has 1 heterocycles. The van der Waals surface area contributed by atoms with Crippen molar-refractivity contribution in [3.63, 3.8) is 0 Å². The molecule has 1 fully saturated rings. The van der Waals surface area contributed by atoms with E-state index in [0.717, 1.165) is 44.9 Å². The van der Waals surface area contributed by atoms with Crippen LogP contribution in [0.3, 0.4) is 0 Å². The monoisotopic (exact) mass is 447 g/mol. The van der Waals surface area contributed by atoms with Crippen molar-refractivity contribution in [2.24, 2.45) is 4.99 Å². The molecule has 0 amide bonds. The maximum Gasteiger partial charge on any atom is 0.191 e. The first-order chi connectivity index (χ1) is 9.90. The number of nitrogens with one attached hydrogen (secondary N) is 2. The first kappa shape index (κ1) is 21.9. The van der Waals surface area contributed by atoms with Crippen molar-refractivity contribution >= 4 is 39.8 Å². The van der Waals surface area contributed by atoms with Crippen LogP contribution < -0.4 is 10.6 Å². The standard InChI is InChI=1S/C14H29N3O3S.HI/c1-4-15-14(16-9-7-13-6-5-10-20-13)17-12(2)8-11-21(3,18)19;/h12-13H,4-11H2,1-3H3,(H2,15,16,17);1H. The molecule has 132 valence electrons. The van der Waals surface area contributed by atoms with Gasteiger partial charge in [-0.2, -0.15) is 0 Å². The Bertz CT molecular complexity index is 423. The minimum absolute atomic E-state index is 0. The summed E-state index contributed by atoms with van der Waals surface area (Å²) in [5.74, 6) is 0.938. The Hall–Kier alpha value is -0.0900. The van der Waals surface area contributed by atoms with E-state index in [0.29, 0.717) is 12.5 Å². The summed E-state index contributed by atoms with van der Waals surface area (Å²) < 4.78 is 27.9. The van der Waals surface area contributed by atoms with Crippen molar-refractivity contribution in [1.29, 1.82) is 0 Å². The van der Waals surface area contributed by atoms with Crippen molar-refractivity contribution in [2.75, 3.05) is 31.7 Å². The van der Waals surface area contributed by atoms with Crippen LogP contribution in [0.1, 0.15) is 39.5 Å². The second-order valence-corrected chi connectivity index (χ2v) is 7.91. The lowest BCUT2D eigenvalue weighted by Gasteiger charge is -2.17. The van der Waals surface area contributed by atoms with Gasteiger partial charge in [0.05, 0.1) is 11.9 Å². The molecule has 22 heavy (non-hydrogen) atoms. The number of aliphatic imine (C=N–C) groups is 1. The number of hydrogen-bond donors (Lipinski definition) is 2. The van der Waals surface area contributed by atoms with Crippen LogP contribution in [0.5, 0.6) is 0 Å². The number of sulfone groups is 1. The molecule has 1 saturated heterocycles. The molecule has 1 rings (SSSR count). The van der Waals surface area contributed by atoms with Gasteiger partial charge in [0.1, 0.15) is 9.84 Å². The Balaban J connectivity index is 0.00000441. The molecule has 0 aromatic rings. The van der Waals surface area contributed by atoms with E-state index in [1.54, 1.807) is 0 Å². The lowest BCUT2D eigenvalue weighted by molar-refractivity contribution is 0.106. The lowest BCUT2D eigenvalue weighted by Crippen LogP contribution is -2.43. The number of guanidine groups is 1. The minimum Gasteiger partial charge on any atom is -0.378 e. The molecular formula is C14H30IN3O3S. The van der Waals surface area contributed by atoms with E-state index < -0.39 is 9.84 Å². The summed E-state index contributed by atoms with van der Waals surface area (Å²) in [5.41, 5.74) is 0. The summed E-state index contributed by atoms with van der Waals surface area (Å²) in [7, 11) is -2.91. The molecule has 0 saturated carbocycles. The fourth-order valence-electron chi connectivity index (χ4n) is 2.21.